The number of non-ortho nitro benzene ring substituents is 1. The lowest BCUT2D eigenvalue weighted by molar-refractivity contribution is -0.384. The van der Waals surface area contributed by atoms with Gasteiger partial charge in [-0.25, -0.2) is 0 Å². The van der Waals surface area contributed by atoms with E-state index in [0.29, 0.717) is 9.93 Å². The molecule has 29 heavy (non-hydrogen) atoms. The maximum atomic E-state index is 12.3. The fourth-order valence-corrected chi connectivity index (χ4v) is 4.28. The number of nitrogens with zero attached hydrogens (tertiary/aromatic N) is 4. The van der Waals surface area contributed by atoms with Crippen molar-refractivity contribution < 1.29 is 9.72 Å². The zero-order chi connectivity index (χ0) is 20.4. The van der Waals surface area contributed by atoms with Crippen LogP contribution in [0.2, 0.25) is 5.02 Å². The molecule has 2 aliphatic heterocycles. The van der Waals surface area contributed by atoms with E-state index in [-0.39, 0.29) is 11.6 Å². The van der Waals surface area contributed by atoms with Crippen LogP contribution in [0.3, 0.4) is 0 Å². The topological polar surface area (TPSA) is 79.0 Å². The highest BCUT2D eigenvalue weighted by Gasteiger charge is 2.28. The van der Waals surface area contributed by atoms with Gasteiger partial charge in [0.1, 0.15) is 0 Å². The smallest absolute Gasteiger partial charge is 0.286 e. The van der Waals surface area contributed by atoms with Gasteiger partial charge in [0, 0.05) is 49.0 Å². The van der Waals surface area contributed by atoms with Crippen LogP contribution in [0.4, 0.5) is 11.4 Å². The number of anilines is 1. The molecule has 0 saturated carbocycles. The monoisotopic (exact) mass is 428 g/mol. The molecule has 2 aromatic rings. The largest absolute Gasteiger partial charge is 0.368 e. The highest BCUT2D eigenvalue weighted by Crippen LogP contribution is 2.31. The predicted molar refractivity (Wildman–Crippen MR) is 116 cm³/mol. The van der Waals surface area contributed by atoms with Gasteiger partial charge in [-0.15, -0.1) is 0 Å². The molecule has 2 aromatic carbocycles. The van der Waals surface area contributed by atoms with Crippen molar-refractivity contribution in [3.8, 4) is 0 Å². The number of carbonyl (C=O) groups is 1. The van der Waals surface area contributed by atoms with Crippen LogP contribution in [0.5, 0.6) is 0 Å². The molecule has 0 unspecified atom stereocenters. The van der Waals surface area contributed by atoms with Gasteiger partial charge in [-0.3, -0.25) is 14.9 Å². The molecule has 1 saturated heterocycles. The third kappa shape index (κ3) is 4.44. The summed E-state index contributed by atoms with van der Waals surface area (Å²) in [5.41, 5.74) is 1.95. The number of benzene rings is 2. The van der Waals surface area contributed by atoms with E-state index in [0.717, 1.165) is 42.6 Å². The maximum Gasteiger partial charge on any atom is 0.286 e. The van der Waals surface area contributed by atoms with Crippen LogP contribution in [0, 0.1) is 10.1 Å². The van der Waals surface area contributed by atoms with Gasteiger partial charge in [0.15, 0.2) is 5.17 Å². The van der Waals surface area contributed by atoms with Crippen molar-refractivity contribution in [2.75, 3.05) is 31.1 Å². The van der Waals surface area contributed by atoms with Gasteiger partial charge < -0.3 is 9.80 Å². The molecule has 2 heterocycles. The van der Waals surface area contributed by atoms with Gasteiger partial charge in [-0.2, -0.15) is 4.99 Å². The van der Waals surface area contributed by atoms with Gasteiger partial charge in [0.2, 0.25) is 0 Å². The van der Waals surface area contributed by atoms with Crippen molar-refractivity contribution >= 4 is 51.9 Å². The lowest BCUT2D eigenvalue weighted by Gasteiger charge is -2.36. The summed E-state index contributed by atoms with van der Waals surface area (Å²) >= 11 is 7.29. The van der Waals surface area contributed by atoms with Gasteiger partial charge >= 0.3 is 0 Å². The maximum absolute atomic E-state index is 12.3. The number of nitro groups is 1. The van der Waals surface area contributed by atoms with Crippen LogP contribution in [-0.4, -0.2) is 47.1 Å². The molecule has 0 N–H and O–H groups in total. The van der Waals surface area contributed by atoms with Crippen LogP contribution < -0.4 is 4.90 Å². The molecular formula is C20H17ClN4O3S. The van der Waals surface area contributed by atoms with Crippen LogP contribution in [-0.2, 0) is 4.79 Å². The van der Waals surface area contributed by atoms with Crippen molar-refractivity contribution in [3.05, 3.63) is 74.1 Å². The SMILES string of the molecule is O=C1N=C(N2CCN(c3ccc([N+](=O)[O-])cc3)CC2)S/C1=C\c1ccc(Cl)cc1. The second kappa shape index (κ2) is 8.26. The molecular weight excluding hydrogens is 412 g/mol. The molecule has 0 aromatic heterocycles. The molecule has 148 valence electrons. The Morgan fingerprint density at radius 1 is 1.00 bits per heavy atom. The number of amides is 1. The number of thioether (sulfide) groups is 1. The molecule has 9 heteroatoms. The van der Waals surface area contributed by atoms with Crippen molar-refractivity contribution in [2.45, 2.75) is 0 Å². The number of amidine groups is 1. The Kier molecular flexibility index (Phi) is 5.55. The van der Waals surface area contributed by atoms with E-state index >= 15 is 0 Å². The summed E-state index contributed by atoms with van der Waals surface area (Å²) in [6.07, 6.45) is 1.83. The Hall–Kier alpha value is -2.84. The summed E-state index contributed by atoms with van der Waals surface area (Å²) in [6.45, 7) is 2.96. The molecule has 7 nitrogen and oxygen atoms in total. The third-order valence-corrected chi connectivity index (χ3v) is 6.05. The van der Waals surface area contributed by atoms with Crippen LogP contribution in [0.1, 0.15) is 5.56 Å². The second-order valence-electron chi connectivity index (χ2n) is 6.61. The third-order valence-electron chi connectivity index (χ3n) is 4.75. The van der Waals surface area contributed by atoms with E-state index in [1.807, 2.05) is 18.2 Å². The highest BCUT2D eigenvalue weighted by molar-refractivity contribution is 8.18. The van der Waals surface area contributed by atoms with Crippen molar-refractivity contribution in [2.24, 2.45) is 4.99 Å². The Labute approximate surface area is 176 Å². The molecule has 4 rings (SSSR count). The van der Waals surface area contributed by atoms with E-state index in [2.05, 4.69) is 14.8 Å². The van der Waals surface area contributed by atoms with E-state index in [4.69, 9.17) is 11.6 Å². The summed E-state index contributed by atoms with van der Waals surface area (Å²) in [6, 6.07) is 13.9. The summed E-state index contributed by atoms with van der Waals surface area (Å²) in [4.78, 5) is 31.8. The number of hydrogen-bond acceptors (Lipinski definition) is 6. The molecule has 2 aliphatic rings. The summed E-state index contributed by atoms with van der Waals surface area (Å²) in [5.74, 6) is -0.224. The molecule has 0 atom stereocenters. The van der Waals surface area contributed by atoms with Crippen molar-refractivity contribution in [3.63, 3.8) is 0 Å². The number of carbonyl (C=O) groups excluding carboxylic acids is 1. The molecule has 0 bridgehead atoms. The Balaban J connectivity index is 1.37. The van der Waals surface area contributed by atoms with Gasteiger partial charge in [-0.1, -0.05) is 23.7 Å². The Bertz CT molecular complexity index is 997. The van der Waals surface area contributed by atoms with Gasteiger partial charge in [0.05, 0.1) is 9.83 Å². The normalized spacial score (nSPS) is 18.3. The van der Waals surface area contributed by atoms with E-state index in [9.17, 15) is 14.9 Å². The minimum absolute atomic E-state index is 0.0858. The average Bonchev–Trinajstić information content (AvgIpc) is 3.10. The first-order valence-corrected chi connectivity index (χ1v) is 10.2. The molecule has 0 radical (unpaired) electrons. The minimum Gasteiger partial charge on any atom is -0.368 e. The van der Waals surface area contributed by atoms with Crippen molar-refractivity contribution in [1.82, 2.24) is 4.90 Å². The van der Waals surface area contributed by atoms with Crippen LogP contribution >= 0.6 is 23.4 Å². The number of rotatable bonds is 3. The molecule has 0 aliphatic carbocycles. The van der Waals surface area contributed by atoms with Crippen LogP contribution in [0.15, 0.2) is 58.4 Å². The lowest BCUT2D eigenvalue weighted by Crippen LogP contribution is -2.47. The standard InChI is InChI=1S/C20H17ClN4O3S/c21-15-3-1-14(2-4-15)13-18-19(26)22-20(29-18)24-11-9-23(10-12-24)16-5-7-17(8-6-16)25(27)28/h1-8,13H,9-12H2/b18-13-. The lowest BCUT2D eigenvalue weighted by atomic mass is 10.2. The molecule has 0 spiro atoms. The first-order valence-electron chi connectivity index (χ1n) is 9.02. The van der Waals surface area contributed by atoms with E-state index in [1.165, 1.54) is 23.9 Å². The number of aliphatic imine (C=N–C) groups is 1. The van der Waals surface area contributed by atoms with Crippen molar-refractivity contribution in [1.29, 1.82) is 0 Å². The van der Waals surface area contributed by atoms with Gasteiger partial charge in [-0.05, 0) is 47.7 Å². The summed E-state index contributed by atoms with van der Waals surface area (Å²) in [5, 5.41) is 12.2. The minimum atomic E-state index is -0.399. The number of piperazine rings is 1. The van der Waals surface area contributed by atoms with Gasteiger partial charge in [0.25, 0.3) is 11.6 Å². The number of halogens is 1. The summed E-state index contributed by atoms with van der Waals surface area (Å²) in [7, 11) is 0. The van der Waals surface area contributed by atoms with E-state index < -0.39 is 4.92 Å². The summed E-state index contributed by atoms with van der Waals surface area (Å²) < 4.78 is 0. The average molecular weight is 429 g/mol. The van der Waals surface area contributed by atoms with E-state index in [1.54, 1.807) is 24.3 Å². The zero-order valence-corrected chi connectivity index (χ0v) is 16.9. The fourth-order valence-electron chi connectivity index (χ4n) is 3.18. The number of hydrogen-bond donors (Lipinski definition) is 0. The highest BCUT2D eigenvalue weighted by atomic mass is 35.5. The fraction of sp³-hybridized carbons (Fsp3) is 0.200. The second-order valence-corrected chi connectivity index (χ2v) is 8.05. The number of nitro benzene ring substituents is 1. The van der Waals surface area contributed by atoms with Crippen LogP contribution in [0.25, 0.3) is 6.08 Å². The Morgan fingerprint density at radius 2 is 1.62 bits per heavy atom. The Morgan fingerprint density at radius 3 is 2.24 bits per heavy atom. The molecule has 1 amide bonds. The predicted octanol–water partition coefficient (Wildman–Crippen LogP) is 4.04. The zero-order valence-electron chi connectivity index (χ0n) is 15.3. The first-order chi connectivity index (χ1) is 14.0. The quantitative estimate of drug-likeness (QED) is 0.417. The molecule has 1 fully saturated rings. The first kappa shape index (κ1) is 19.5.